The Morgan fingerprint density at radius 1 is 0.969 bits per heavy atom. The van der Waals surface area contributed by atoms with E-state index >= 15 is 0 Å². The molecule has 1 heterocycles. The molecule has 0 spiro atoms. The Bertz CT molecular complexity index is 1350. The number of halogens is 4. The van der Waals surface area contributed by atoms with Gasteiger partial charge in [0, 0.05) is 10.5 Å². The Kier molecular flexibility index (Phi) is 5.97. The van der Waals surface area contributed by atoms with Crippen molar-refractivity contribution in [1.82, 2.24) is 0 Å². The highest BCUT2D eigenvalue weighted by molar-refractivity contribution is 9.10. The molecule has 0 aliphatic rings. The molecule has 0 N–H and O–H groups in total. The lowest BCUT2D eigenvalue weighted by Gasteiger charge is -2.14. The molecule has 1 aromatic heterocycles. The van der Waals surface area contributed by atoms with Gasteiger partial charge in [0.2, 0.25) is 11.2 Å². The van der Waals surface area contributed by atoms with E-state index in [1.54, 1.807) is 19.1 Å². The van der Waals surface area contributed by atoms with Crippen LogP contribution in [0.2, 0.25) is 0 Å². The quantitative estimate of drug-likeness (QED) is 0.287. The zero-order valence-corrected chi connectivity index (χ0v) is 18.3. The molecule has 0 fully saturated rings. The largest absolute Gasteiger partial charge is 0.489 e. The third-order valence-electron chi connectivity index (χ3n) is 4.58. The van der Waals surface area contributed by atoms with Gasteiger partial charge < -0.3 is 13.9 Å². The number of hydrogen-bond donors (Lipinski definition) is 0. The van der Waals surface area contributed by atoms with E-state index in [2.05, 4.69) is 15.9 Å². The molecule has 0 atom stereocenters. The van der Waals surface area contributed by atoms with Crippen molar-refractivity contribution in [2.45, 2.75) is 19.7 Å². The van der Waals surface area contributed by atoms with Gasteiger partial charge in [0.15, 0.2) is 0 Å². The third kappa shape index (κ3) is 4.80. The number of aryl methyl sites for hydroxylation is 1. The van der Waals surface area contributed by atoms with Gasteiger partial charge >= 0.3 is 6.18 Å². The van der Waals surface area contributed by atoms with E-state index in [-0.39, 0.29) is 29.1 Å². The van der Waals surface area contributed by atoms with Gasteiger partial charge in [-0.15, -0.1) is 0 Å². The molecule has 32 heavy (non-hydrogen) atoms. The summed E-state index contributed by atoms with van der Waals surface area (Å²) in [7, 11) is 0. The minimum Gasteiger partial charge on any atom is -0.489 e. The summed E-state index contributed by atoms with van der Waals surface area (Å²) in [6.07, 6.45) is -4.93. The number of ether oxygens (including phenoxy) is 2. The first-order chi connectivity index (χ1) is 15.2. The van der Waals surface area contributed by atoms with E-state index in [0.29, 0.717) is 0 Å². The van der Waals surface area contributed by atoms with Crippen LogP contribution in [0.5, 0.6) is 17.2 Å². The van der Waals surface area contributed by atoms with E-state index in [1.165, 1.54) is 30.3 Å². The summed E-state index contributed by atoms with van der Waals surface area (Å²) in [6.45, 7) is 1.95. The number of hydrogen-bond acceptors (Lipinski definition) is 4. The Morgan fingerprint density at radius 3 is 2.47 bits per heavy atom. The first-order valence-corrected chi connectivity index (χ1v) is 10.3. The van der Waals surface area contributed by atoms with Gasteiger partial charge in [0.25, 0.3) is 5.76 Å². The lowest BCUT2D eigenvalue weighted by atomic mass is 10.2. The second-order valence-corrected chi connectivity index (χ2v) is 8.00. The van der Waals surface area contributed by atoms with Crippen LogP contribution in [0.4, 0.5) is 13.2 Å². The average Bonchev–Trinajstić information content (AvgIpc) is 2.73. The van der Waals surface area contributed by atoms with Crippen LogP contribution in [0.1, 0.15) is 16.9 Å². The molecule has 4 rings (SSSR count). The van der Waals surface area contributed by atoms with Crippen molar-refractivity contribution >= 4 is 26.9 Å². The summed E-state index contributed by atoms with van der Waals surface area (Å²) < 4.78 is 58.1. The number of rotatable bonds is 5. The Labute approximate surface area is 189 Å². The van der Waals surface area contributed by atoms with Crippen molar-refractivity contribution in [3.63, 3.8) is 0 Å². The van der Waals surface area contributed by atoms with Crippen molar-refractivity contribution in [3.8, 4) is 17.2 Å². The van der Waals surface area contributed by atoms with Gasteiger partial charge in [0.05, 0.1) is 5.39 Å². The summed E-state index contributed by atoms with van der Waals surface area (Å²) in [5.74, 6) is -2.03. The van der Waals surface area contributed by atoms with Crippen LogP contribution in [0.15, 0.2) is 80.4 Å². The zero-order valence-electron chi connectivity index (χ0n) is 16.7. The summed E-state index contributed by atoms with van der Waals surface area (Å²) in [5.41, 5.74) is 0.469. The van der Waals surface area contributed by atoms with E-state index < -0.39 is 23.1 Å². The molecule has 0 radical (unpaired) electrons. The van der Waals surface area contributed by atoms with Crippen LogP contribution < -0.4 is 14.9 Å². The van der Waals surface area contributed by atoms with E-state index in [4.69, 9.17) is 13.9 Å². The SMILES string of the molecule is Cc1cccc(Oc2c(C(F)(F)F)oc3cc(OCc4cccc(Br)c4)ccc3c2=O)c1. The van der Waals surface area contributed by atoms with E-state index in [1.807, 2.05) is 24.3 Å². The molecule has 0 saturated heterocycles. The molecule has 0 aliphatic carbocycles. The predicted octanol–water partition coefficient (Wildman–Crippen LogP) is 7.25. The van der Waals surface area contributed by atoms with Gasteiger partial charge in [-0.05, 0) is 54.4 Å². The summed E-state index contributed by atoms with van der Waals surface area (Å²) in [5, 5.41) is -0.0459. The molecule has 0 amide bonds. The van der Waals surface area contributed by atoms with Crippen molar-refractivity contribution in [1.29, 1.82) is 0 Å². The summed E-state index contributed by atoms with van der Waals surface area (Å²) in [4.78, 5) is 12.9. The topological polar surface area (TPSA) is 48.7 Å². The maximum Gasteiger partial charge on any atom is 0.453 e. The smallest absolute Gasteiger partial charge is 0.453 e. The lowest BCUT2D eigenvalue weighted by Crippen LogP contribution is -2.15. The van der Waals surface area contributed by atoms with Crippen LogP contribution in [0.3, 0.4) is 0 Å². The first kappa shape index (κ1) is 22.0. The maximum atomic E-state index is 13.7. The summed E-state index contributed by atoms with van der Waals surface area (Å²) >= 11 is 3.37. The van der Waals surface area contributed by atoms with Crippen molar-refractivity contribution in [2.24, 2.45) is 0 Å². The highest BCUT2D eigenvalue weighted by atomic mass is 79.9. The van der Waals surface area contributed by atoms with Crippen LogP contribution in [0, 0.1) is 6.92 Å². The lowest BCUT2D eigenvalue weighted by molar-refractivity contribution is -0.154. The summed E-state index contributed by atoms with van der Waals surface area (Å²) in [6, 6.07) is 17.9. The highest BCUT2D eigenvalue weighted by Gasteiger charge is 2.40. The first-order valence-electron chi connectivity index (χ1n) is 9.50. The normalized spacial score (nSPS) is 11.5. The van der Waals surface area contributed by atoms with Crippen molar-refractivity contribution in [3.05, 3.63) is 98.3 Å². The van der Waals surface area contributed by atoms with Gasteiger partial charge in [-0.25, -0.2) is 0 Å². The maximum absolute atomic E-state index is 13.7. The standard InChI is InChI=1S/C24H16BrF3O4/c1-14-4-2-7-18(10-14)31-22-21(29)19-9-8-17(12-20(19)32-23(22)24(26,27)28)30-13-15-5-3-6-16(25)11-15/h2-12H,13H2,1H3. The van der Waals surface area contributed by atoms with Crippen LogP contribution in [-0.4, -0.2) is 0 Å². The molecule has 4 aromatic rings. The van der Waals surface area contributed by atoms with Gasteiger partial charge in [-0.1, -0.05) is 40.2 Å². The van der Waals surface area contributed by atoms with Gasteiger partial charge in [-0.3, -0.25) is 4.79 Å². The van der Waals surface area contributed by atoms with Crippen molar-refractivity contribution in [2.75, 3.05) is 0 Å². The highest BCUT2D eigenvalue weighted by Crippen LogP contribution is 2.38. The van der Waals surface area contributed by atoms with Crippen LogP contribution >= 0.6 is 15.9 Å². The fourth-order valence-corrected chi connectivity index (χ4v) is 3.56. The van der Waals surface area contributed by atoms with Crippen LogP contribution in [0.25, 0.3) is 11.0 Å². The van der Waals surface area contributed by atoms with E-state index in [0.717, 1.165) is 15.6 Å². The minimum atomic E-state index is -4.93. The number of fused-ring (bicyclic) bond motifs is 1. The van der Waals surface area contributed by atoms with E-state index in [9.17, 15) is 18.0 Å². The Hall–Kier alpha value is -3.26. The average molecular weight is 505 g/mol. The second-order valence-electron chi connectivity index (χ2n) is 7.08. The molecular formula is C24H16BrF3O4. The monoisotopic (exact) mass is 504 g/mol. The zero-order chi connectivity index (χ0) is 22.9. The third-order valence-corrected chi connectivity index (χ3v) is 5.08. The van der Waals surface area contributed by atoms with Crippen molar-refractivity contribution < 1.29 is 27.1 Å². The second kappa shape index (κ2) is 8.70. The molecule has 164 valence electrons. The van der Waals surface area contributed by atoms with Gasteiger partial charge in [-0.2, -0.15) is 13.2 Å². The fraction of sp³-hybridized carbons (Fsp3) is 0.125. The molecule has 4 nitrogen and oxygen atoms in total. The molecular weight excluding hydrogens is 489 g/mol. The van der Waals surface area contributed by atoms with Crippen LogP contribution in [-0.2, 0) is 12.8 Å². The molecule has 0 aliphatic heterocycles. The molecule has 0 unspecified atom stereocenters. The number of alkyl halides is 3. The Balaban J connectivity index is 1.73. The molecule has 0 saturated carbocycles. The Morgan fingerprint density at radius 2 is 1.75 bits per heavy atom. The molecule has 0 bridgehead atoms. The molecule has 3 aromatic carbocycles. The number of benzene rings is 3. The predicted molar refractivity (Wildman–Crippen MR) is 117 cm³/mol. The fourth-order valence-electron chi connectivity index (χ4n) is 3.12. The van der Waals surface area contributed by atoms with Gasteiger partial charge in [0.1, 0.15) is 23.7 Å². The molecule has 8 heteroatoms. The minimum absolute atomic E-state index is 0.0459.